The number of hydrogen-bond donors (Lipinski definition) is 2. The minimum atomic E-state index is -0.112. The largest absolute Gasteiger partial charge is 0.359 e. The fourth-order valence-corrected chi connectivity index (χ4v) is 4.30. The van der Waals surface area contributed by atoms with E-state index in [2.05, 4.69) is 36.6 Å². The van der Waals surface area contributed by atoms with E-state index in [4.69, 9.17) is 4.52 Å². The van der Waals surface area contributed by atoms with Crippen LogP contribution in [0.2, 0.25) is 0 Å². The quantitative estimate of drug-likeness (QED) is 0.899. The maximum Gasteiger partial charge on any atom is 0.315 e. The van der Waals surface area contributed by atoms with E-state index in [0.717, 1.165) is 18.0 Å². The second-order valence-electron chi connectivity index (χ2n) is 7.42. The molecule has 0 spiro atoms. The lowest BCUT2D eigenvalue weighted by atomic mass is 9.69. The van der Waals surface area contributed by atoms with Gasteiger partial charge in [0.05, 0.1) is 12.2 Å². The molecule has 2 bridgehead atoms. The first kappa shape index (κ1) is 14.4. The van der Waals surface area contributed by atoms with E-state index in [-0.39, 0.29) is 17.5 Å². The van der Waals surface area contributed by atoms with E-state index in [1.54, 1.807) is 0 Å². The summed E-state index contributed by atoms with van der Waals surface area (Å²) in [6.07, 6.45) is 3.59. The van der Waals surface area contributed by atoms with Crippen molar-refractivity contribution in [3.63, 3.8) is 0 Å². The molecule has 21 heavy (non-hydrogen) atoms. The van der Waals surface area contributed by atoms with Crippen LogP contribution < -0.4 is 10.6 Å². The number of rotatable bonds is 3. The molecule has 5 nitrogen and oxygen atoms in total. The first-order valence-corrected chi connectivity index (χ1v) is 7.79. The van der Waals surface area contributed by atoms with Crippen LogP contribution in [0.25, 0.3) is 0 Å². The maximum absolute atomic E-state index is 12.1. The Morgan fingerprint density at radius 1 is 1.48 bits per heavy atom. The van der Waals surface area contributed by atoms with Crippen LogP contribution in [0.1, 0.15) is 51.5 Å². The summed E-state index contributed by atoms with van der Waals surface area (Å²) in [5, 5.41) is 9.84. The van der Waals surface area contributed by atoms with Crippen molar-refractivity contribution < 1.29 is 9.32 Å². The monoisotopic (exact) mass is 291 g/mol. The zero-order valence-electron chi connectivity index (χ0n) is 13.3. The summed E-state index contributed by atoms with van der Waals surface area (Å²) in [4.78, 5) is 12.1. The number of urea groups is 1. The van der Waals surface area contributed by atoms with Crippen LogP contribution in [0.4, 0.5) is 4.79 Å². The van der Waals surface area contributed by atoms with Crippen molar-refractivity contribution in [1.29, 1.82) is 0 Å². The number of carbonyl (C=O) groups is 1. The Bertz CT molecular complexity index is 551. The number of fused-ring (bicyclic) bond motifs is 2. The SMILES string of the molecule is Cc1cc(CNC(=O)NC2CC3CCC2(C)C3(C)C)on1. The van der Waals surface area contributed by atoms with Crippen molar-refractivity contribution >= 4 is 6.03 Å². The molecule has 2 saturated carbocycles. The second kappa shape index (κ2) is 4.75. The molecule has 5 heteroatoms. The summed E-state index contributed by atoms with van der Waals surface area (Å²) in [5.74, 6) is 1.41. The highest BCUT2D eigenvalue weighted by Crippen LogP contribution is 2.65. The Hall–Kier alpha value is -1.52. The molecule has 2 N–H and O–H groups in total. The number of amides is 2. The molecule has 0 aromatic carbocycles. The molecule has 1 aromatic heterocycles. The third-order valence-corrected chi connectivity index (χ3v) is 6.20. The summed E-state index contributed by atoms with van der Waals surface area (Å²) < 4.78 is 5.09. The third-order valence-electron chi connectivity index (χ3n) is 6.20. The maximum atomic E-state index is 12.1. The number of nitrogens with zero attached hydrogens (tertiary/aromatic N) is 1. The molecule has 1 aromatic rings. The normalized spacial score (nSPS) is 33.1. The predicted molar refractivity (Wildman–Crippen MR) is 79.6 cm³/mol. The molecule has 116 valence electrons. The Morgan fingerprint density at radius 2 is 2.24 bits per heavy atom. The summed E-state index contributed by atoms with van der Waals surface area (Å²) >= 11 is 0. The molecular weight excluding hydrogens is 266 g/mol. The zero-order chi connectivity index (χ0) is 15.3. The number of nitrogens with one attached hydrogen (secondary N) is 2. The minimum absolute atomic E-state index is 0.112. The lowest BCUT2D eigenvalue weighted by Gasteiger charge is -2.39. The molecule has 3 rings (SSSR count). The van der Waals surface area contributed by atoms with Crippen molar-refractivity contribution in [2.45, 2.75) is 59.5 Å². The Balaban J connectivity index is 1.56. The molecule has 0 radical (unpaired) electrons. The van der Waals surface area contributed by atoms with Gasteiger partial charge in [-0.25, -0.2) is 4.79 Å². The van der Waals surface area contributed by atoms with Gasteiger partial charge in [0, 0.05) is 12.1 Å². The van der Waals surface area contributed by atoms with Crippen molar-refractivity contribution in [1.82, 2.24) is 15.8 Å². The highest BCUT2D eigenvalue weighted by molar-refractivity contribution is 5.74. The number of aryl methyl sites for hydroxylation is 1. The average Bonchev–Trinajstić information content (AvgIpc) is 2.98. The Kier molecular flexibility index (Phi) is 3.26. The number of carbonyl (C=O) groups excluding carboxylic acids is 1. The summed E-state index contributed by atoms with van der Waals surface area (Å²) in [7, 11) is 0. The van der Waals surface area contributed by atoms with Gasteiger partial charge in [-0.2, -0.15) is 0 Å². The molecule has 0 aliphatic heterocycles. The van der Waals surface area contributed by atoms with E-state index < -0.39 is 0 Å². The Labute approximate surface area is 125 Å². The van der Waals surface area contributed by atoms with Crippen LogP contribution in [0.5, 0.6) is 0 Å². The third kappa shape index (κ3) is 2.23. The fraction of sp³-hybridized carbons (Fsp3) is 0.750. The molecule has 3 unspecified atom stereocenters. The molecule has 3 atom stereocenters. The molecule has 2 amide bonds. The zero-order valence-corrected chi connectivity index (χ0v) is 13.3. The van der Waals surface area contributed by atoms with Gasteiger partial charge in [-0.05, 0) is 42.9 Å². The molecule has 2 aliphatic carbocycles. The topological polar surface area (TPSA) is 67.2 Å². The number of hydrogen-bond acceptors (Lipinski definition) is 3. The summed E-state index contributed by atoms with van der Waals surface area (Å²) in [6.45, 7) is 9.27. The highest BCUT2D eigenvalue weighted by atomic mass is 16.5. The Morgan fingerprint density at radius 3 is 2.76 bits per heavy atom. The van der Waals surface area contributed by atoms with E-state index in [9.17, 15) is 4.79 Å². The van der Waals surface area contributed by atoms with Crippen LogP contribution >= 0.6 is 0 Å². The summed E-state index contributed by atoms with van der Waals surface area (Å²) in [6, 6.07) is 1.99. The lowest BCUT2D eigenvalue weighted by molar-refractivity contribution is 0.123. The number of aromatic nitrogens is 1. The van der Waals surface area contributed by atoms with Crippen LogP contribution in [0, 0.1) is 23.7 Å². The van der Waals surface area contributed by atoms with E-state index in [1.165, 1.54) is 12.8 Å². The van der Waals surface area contributed by atoms with Crippen LogP contribution in [0.3, 0.4) is 0 Å². The fourth-order valence-electron chi connectivity index (χ4n) is 4.30. The van der Waals surface area contributed by atoms with Gasteiger partial charge in [0.15, 0.2) is 5.76 Å². The van der Waals surface area contributed by atoms with Crippen molar-refractivity contribution in [3.05, 3.63) is 17.5 Å². The van der Waals surface area contributed by atoms with E-state index >= 15 is 0 Å². The van der Waals surface area contributed by atoms with Crippen LogP contribution in [-0.4, -0.2) is 17.2 Å². The van der Waals surface area contributed by atoms with Gasteiger partial charge >= 0.3 is 6.03 Å². The molecule has 0 saturated heterocycles. The molecule has 1 heterocycles. The smallest absolute Gasteiger partial charge is 0.315 e. The van der Waals surface area contributed by atoms with Gasteiger partial charge in [0.2, 0.25) is 0 Å². The first-order valence-electron chi connectivity index (χ1n) is 7.79. The highest BCUT2D eigenvalue weighted by Gasteiger charge is 2.61. The minimum Gasteiger partial charge on any atom is -0.359 e. The summed E-state index contributed by atoms with van der Waals surface area (Å²) in [5.41, 5.74) is 1.35. The predicted octanol–water partition coefficient (Wildman–Crippen LogP) is 3.00. The van der Waals surface area contributed by atoms with Crippen LogP contribution in [0.15, 0.2) is 10.6 Å². The lowest BCUT2D eigenvalue weighted by Crippen LogP contribution is -2.49. The van der Waals surface area contributed by atoms with Crippen LogP contribution in [-0.2, 0) is 6.54 Å². The standard InChI is InChI=1S/C16H25N3O2/c1-10-7-12(21-19-10)9-17-14(20)18-13-8-11-5-6-16(13,4)15(11,2)3/h7,11,13H,5-6,8-9H2,1-4H3,(H2,17,18,20). The van der Waals surface area contributed by atoms with E-state index in [0.29, 0.717) is 17.7 Å². The van der Waals surface area contributed by atoms with Crippen molar-refractivity contribution in [2.75, 3.05) is 0 Å². The molecule has 2 fully saturated rings. The van der Waals surface area contributed by atoms with Crippen molar-refractivity contribution in [2.24, 2.45) is 16.7 Å². The molecular formula is C16H25N3O2. The molecule has 2 aliphatic rings. The second-order valence-corrected chi connectivity index (χ2v) is 7.42. The van der Waals surface area contributed by atoms with Crippen molar-refractivity contribution in [3.8, 4) is 0 Å². The van der Waals surface area contributed by atoms with Gasteiger partial charge in [0.25, 0.3) is 0 Å². The first-order chi connectivity index (χ1) is 9.83. The van der Waals surface area contributed by atoms with Gasteiger partial charge in [-0.1, -0.05) is 25.9 Å². The van der Waals surface area contributed by atoms with Gasteiger partial charge < -0.3 is 15.2 Å². The average molecular weight is 291 g/mol. The van der Waals surface area contributed by atoms with Gasteiger partial charge in [-0.15, -0.1) is 0 Å². The van der Waals surface area contributed by atoms with Gasteiger partial charge in [0.1, 0.15) is 0 Å². The van der Waals surface area contributed by atoms with E-state index in [1.807, 2.05) is 13.0 Å². The van der Waals surface area contributed by atoms with Gasteiger partial charge in [-0.3, -0.25) is 0 Å².